The summed E-state index contributed by atoms with van der Waals surface area (Å²) in [5, 5.41) is 8.61. The second kappa shape index (κ2) is 7.53. The van der Waals surface area contributed by atoms with Gasteiger partial charge in [-0.2, -0.15) is 5.10 Å². The van der Waals surface area contributed by atoms with Crippen LogP contribution in [0.3, 0.4) is 0 Å². The Balaban J connectivity index is 0.00000192. The van der Waals surface area contributed by atoms with Crippen molar-refractivity contribution in [3.05, 3.63) is 46.2 Å². The lowest BCUT2D eigenvalue weighted by molar-refractivity contribution is 0.0709. The normalized spacial score (nSPS) is 17.7. The van der Waals surface area contributed by atoms with Crippen molar-refractivity contribution in [2.45, 2.75) is 13.0 Å². The fourth-order valence-electron chi connectivity index (χ4n) is 2.53. The molecule has 3 rings (SSSR count). The molecule has 8 heteroatoms. The fourth-order valence-corrected chi connectivity index (χ4v) is 3.03. The minimum atomic E-state index is -0.00955. The minimum absolute atomic E-state index is 0. The first-order valence-corrected chi connectivity index (χ1v) is 7.83. The summed E-state index contributed by atoms with van der Waals surface area (Å²) >= 11 is 12.1. The number of piperazine rings is 1. The zero-order valence-electron chi connectivity index (χ0n) is 12.5. The molecule has 1 aliphatic rings. The third kappa shape index (κ3) is 3.98. The van der Waals surface area contributed by atoms with Crippen molar-refractivity contribution in [2.75, 3.05) is 19.6 Å². The lowest BCUT2D eigenvalue weighted by Crippen LogP contribution is -2.51. The fraction of sp³-hybridized carbons (Fsp3) is 0.333. The Kier molecular flexibility index (Phi) is 5.92. The van der Waals surface area contributed by atoms with E-state index in [-0.39, 0.29) is 18.3 Å². The molecule has 1 unspecified atom stereocenters. The standard InChI is InChI=1S/C15H16Cl2N4O.ClH/c1-10-8-20(5-4-18-10)15(22)11-7-19-21(9-11)14-3-2-12(16)6-13(14)17;/h2-3,6-7,9-10,18H,4-5,8H2,1H3;1H. The maximum Gasteiger partial charge on any atom is 0.257 e. The highest BCUT2D eigenvalue weighted by Crippen LogP contribution is 2.24. The number of rotatable bonds is 2. The highest BCUT2D eigenvalue weighted by Gasteiger charge is 2.22. The zero-order valence-corrected chi connectivity index (χ0v) is 14.8. The molecule has 2 aromatic rings. The van der Waals surface area contributed by atoms with E-state index in [1.54, 1.807) is 35.3 Å². The van der Waals surface area contributed by atoms with E-state index in [1.165, 1.54) is 0 Å². The van der Waals surface area contributed by atoms with Crippen LogP contribution in [0.15, 0.2) is 30.6 Å². The number of carbonyl (C=O) groups excluding carboxylic acids is 1. The quantitative estimate of drug-likeness (QED) is 0.878. The second-order valence-electron chi connectivity index (χ2n) is 5.38. The van der Waals surface area contributed by atoms with Crippen LogP contribution in [0.4, 0.5) is 0 Å². The number of hydrogen-bond acceptors (Lipinski definition) is 3. The van der Waals surface area contributed by atoms with Gasteiger partial charge in [0.2, 0.25) is 0 Å². The first-order chi connectivity index (χ1) is 10.5. The van der Waals surface area contributed by atoms with E-state index in [4.69, 9.17) is 23.2 Å². The summed E-state index contributed by atoms with van der Waals surface area (Å²) in [5.74, 6) is -0.00955. The lowest BCUT2D eigenvalue weighted by Gasteiger charge is -2.31. The van der Waals surface area contributed by atoms with Gasteiger partial charge in [-0.1, -0.05) is 23.2 Å². The summed E-state index contributed by atoms with van der Waals surface area (Å²) in [6, 6.07) is 5.47. The third-order valence-corrected chi connectivity index (χ3v) is 4.18. The van der Waals surface area contributed by atoms with Crippen LogP contribution in [0.2, 0.25) is 10.0 Å². The zero-order chi connectivity index (χ0) is 15.7. The van der Waals surface area contributed by atoms with Gasteiger partial charge in [0.1, 0.15) is 0 Å². The van der Waals surface area contributed by atoms with Crippen molar-refractivity contribution in [1.82, 2.24) is 20.0 Å². The van der Waals surface area contributed by atoms with E-state index in [9.17, 15) is 4.79 Å². The number of nitrogens with zero attached hydrogens (tertiary/aromatic N) is 3. The van der Waals surface area contributed by atoms with E-state index >= 15 is 0 Å². The molecule has 2 heterocycles. The lowest BCUT2D eigenvalue weighted by atomic mass is 10.2. The van der Waals surface area contributed by atoms with Crippen LogP contribution in [0.1, 0.15) is 17.3 Å². The molecular weight excluding hydrogens is 359 g/mol. The minimum Gasteiger partial charge on any atom is -0.336 e. The van der Waals surface area contributed by atoms with Crippen LogP contribution in [0.25, 0.3) is 5.69 Å². The second-order valence-corrected chi connectivity index (χ2v) is 6.22. The van der Waals surface area contributed by atoms with E-state index in [0.717, 1.165) is 6.54 Å². The molecule has 1 amide bonds. The number of aromatic nitrogens is 2. The molecule has 124 valence electrons. The molecular formula is C15H17Cl3N4O. The predicted molar refractivity (Wildman–Crippen MR) is 94.2 cm³/mol. The van der Waals surface area contributed by atoms with Crippen molar-refractivity contribution in [2.24, 2.45) is 0 Å². The Morgan fingerprint density at radius 3 is 2.87 bits per heavy atom. The Morgan fingerprint density at radius 1 is 1.39 bits per heavy atom. The number of hydrogen-bond donors (Lipinski definition) is 1. The molecule has 0 bridgehead atoms. The third-order valence-electron chi connectivity index (χ3n) is 3.64. The van der Waals surface area contributed by atoms with Crippen molar-refractivity contribution < 1.29 is 4.79 Å². The SMILES string of the molecule is CC1CN(C(=O)c2cnn(-c3ccc(Cl)cc3Cl)c2)CCN1.Cl. The van der Waals surface area contributed by atoms with Crippen molar-refractivity contribution in [3.8, 4) is 5.69 Å². The van der Waals surface area contributed by atoms with E-state index < -0.39 is 0 Å². The average Bonchev–Trinajstić information content (AvgIpc) is 2.96. The summed E-state index contributed by atoms with van der Waals surface area (Å²) in [4.78, 5) is 14.4. The van der Waals surface area contributed by atoms with Crippen LogP contribution in [-0.4, -0.2) is 46.3 Å². The Bertz CT molecular complexity index is 704. The summed E-state index contributed by atoms with van der Waals surface area (Å²) in [6.45, 7) is 4.28. The summed E-state index contributed by atoms with van der Waals surface area (Å²) in [7, 11) is 0. The molecule has 23 heavy (non-hydrogen) atoms. The van der Waals surface area contributed by atoms with Gasteiger partial charge in [-0.3, -0.25) is 4.79 Å². The monoisotopic (exact) mass is 374 g/mol. The van der Waals surface area contributed by atoms with Gasteiger partial charge in [-0.05, 0) is 25.1 Å². The molecule has 0 aliphatic carbocycles. The smallest absolute Gasteiger partial charge is 0.257 e. The number of halogens is 3. The topological polar surface area (TPSA) is 50.2 Å². The van der Waals surface area contributed by atoms with Gasteiger partial charge in [0.05, 0.1) is 22.5 Å². The molecule has 1 aliphatic heterocycles. The maximum absolute atomic E-state index is 12.5. The number of carbonyl (C=O) groups is 1. The van der Waals surface area contributed by atoms with E-state index in [0.29, 0.717) is 40.4 Å². The van der Waals surface area contributed by atoms with Gasteiger partial charge in [-0.15, -0.1) is 12.4 Å². The average molecular weight is 376 g/mol. The van der Waals surface area contributed by atoms with Crippen LogP contribution >= 0.6 is 35.6 Å². The molecule has 1 atom stereocenters. The highest BCUT2D eigenvalue weighted by molar-refractivity contribution is 6.35. The van der Waals surface area contributed by atoms with Gasteiger partial charge < -0.3 is 10.2 Å². The predicted octanol–water partition coefficient (Wildman–Crippen LogP) is 3.03. The van der Waals surface area contributed by atoms with E-state index in [1.807, 2.05) is 4.90 Å². The van der Waals surface area contributed by atoms with Crippen LogP contribution in [-0.2, 0) is 0 Å². The van der Waals surface area contributed by atoms with Gasteiger partial charge >= 0.3 is 0 Å². The van der Waals surface area contributed by atoms with Gasteiger partial charge in [-0.25, -0.2) is 4.68 Å². The number of amides is 1. The Hall–Kier alpha value is -1.27. The molecule has 1 aromatic heterocycles. The Labute approximate surface area is 151 Å². The molecule has 1 fully saturated rings. The summed E-state index contributed by atoms with van der Waals surface area (Å²) in [6.07, 6.45) is 3.27. The molecule has 1 N–H and O–H groups in total. The molecule has 1 saturated heterocycles. The Morgan fingerprint density at radius 2 is 2.17 bits per heavy atom. The van der Waals surface area contributed by atoms with Crippen LogP contribution in [0, 0.1) is 0 Å². The van der Waals surface area contributed by atoms with Crippen LogP contribution < -0.4 is 5.32 Å². The summed E-state index contributed by atoms with van der Waals surface area (Å²) in [5.41, 5.74) is 1.25. The first kappa shape index (κ1) is 18.1. The molecule has 1 aromatic carbocycles. The summed E-state index contributed by atoms with van der Waals surface area (Å²) < 4.78 is 1.59. The van der Waals surface area contributed by atoms with Gasteiger partial charge in [0, 0.05) is 36.9 Å². The molecule has 0 spiro atoms. The highest BCUT2D eigenvalue weighted by atomic mass is 35.5. The first-order valence-electron chi connectivity index (χ1n) is 7.07. The number of nitrogens with one attached hydrogen (secondary N) is 1. The molecule has 0 radical (unpaired) electrons. The van der Waals surface area contributed by atoms with Crippen LogP contribution in [0.5, 0.6) is 0 Å². The molecule has 5 nitrogen and oxygen atoms in total. The van der Waals surface area contributed by atoms with Gasteiger partial charge in [0.15, 0.2) is 0 Å². The van der Waals surface area contributed by atoms with Crippen molar-refractivity contribution >= 4 is 41.5 Å². The van der Waals surface area contributed by atoms with Crippen molar-refractivity contribution in [3.63, 3.8) is 0 Å². The molecule has 0 saturated carbocycles. The van der Waals surface area contributed by atoms with E-state index in [2.05, 4.69) is 17.3 Å². The van der Waals surface area contributed by atoms with Gasteiger partial charge in [0.25, 0.3) is 5.91 Å². The largest absolute Gasteiger partial charge is 0.336 e. The number of benzene rings is 1. The van der Waals surface area contributed by atoms with Crippen molar-refractivity contribution in [1.29, 1.82) is 0 Å². The maximum atomic E-state index is 12.5.